The van der Waals surface area contributed by atoms with Crippen molar-refractivity contribution in [3.8, 4) is 17.3 Å². The summed E-state index contributed by atoms with van der Waals surface area (Å²) >= 11 is 4.77. The summed E-state index contributed by atoms with van der Waals surface area (Å²) in [7, 11) is 0. The summed E-state index contributed by atoms with van der Waals surface area (Å²) in [6.45, 7) is 1.78. The van der Waals surface area contributed by atoms with Gasteiger partial charge in [-0.1, -0.05) is 36.4 Å². The number of para-hydroxylation sites is 2. The molecule has 0 saturated carbocycles. The molecule has 1 fully saturated rings. The summed E-state index contributed by atoms with van der Waals surface area (Å²) < 4.78 is 7.74. The number of allylic oxidation sites excluding steroid dienone is 1. The summed E-state index contributed by atoms with van der Waals surface area (Å²) in [6.07, 6.45) is 2.67. The fourth-order valence-electron chi connectivity index (χ4n) is 3.19. The molecule has 160 valence electrons. The molecule has 1 aliphatic rings. The van der Waals surface area contributed by atoms with E-state index in [1.165, 1.54) is 12.2 Å². The molecule has 3 aromatic rings. The van der Waals surface area contributed by atoms with Crippen molar-refractivity contribution in [2.24, 2.45) is 5.92 Å². The van der Waals surface area contributed by atoms with Crippen LogP contribution in [-0.2, 0) is 14.4 Å². The highest BCUT2D eigenvalue weighted by Crippen LogP contribution is 2.31. The maximum absolute atomic E-state index is 12.6. The molecule has 0 spiro atoms. The SMILES string of the molecule is Cc1nn(-c2ccccc2)c(Oc2ccccc2)c1/C=C/C(=O)C1C(=O)NC(=S)NC1=O. The number of aromatic nitrogens is 2. The molecule has 8 nitrogen and oxygen atoms in total. The highest BCUT2D eigenvalue weighted by atomic mass is 32.1. The second-order valence-electron chi connectivity index (χ2n) is 6.94. The van der Waals surface area contributed by atoms with Crippen molar-refractivity contribution in [1.82, 2.24) is 20.4 Å². The van der Waals surface area contributed by atoms with Crippen LogP contribution in [0, 0.1) is 12.8 Å². The van der Waals surface area contributed by atoms with Gasteiger partial charge in [-0.15, -0.1) is 0 Å². The van der Waals surface area contributed by atoms with E-state index in [0.29, 0.717) is 22.9 Å². The fraction of sp³-hybridized carbons (Fsp3) is 0.0870. The van der Waals surface area contributed by atoms with Crippen molar-refractivity contribution in [1.29, 1.82) is 0 Å². The highest BCUT2D eigenvalue weighted by Gasteiger charge is 2.37. The van der Waals surface area contributed by atoms with Gasteiger partial charge >= 0.3 is 0 Å². The van der Waals surface area contributed by atoms with Crippen molar-refractivity contribution < 1.29 is 19.1 Å². The number of amides is 2. The molecule has 0 bridgehead atoms. The van der Waals surface area contributed by atoms with E-state index in [-0.39, 0.29) is 5.11 Å². The molecule has 4 rings (SSSR count). The Bertz CT molecular complexity index is 1220. The minimum atomic E-state index is -1.51. The first-order valence-corrected chi connectivity index (χ1v) is 10.1. The van der Waals surface area contributed by atoms with E-state index >= 15 is 0 Å². The van der Waals surface area contributed by atoms with Crippen LogP contribution in [0.2, 0.25) is 0 Å². The summed E-state index contributed by atoms with van der Waals surface area (Å²) in [4.78, 5) is 36.8. The first kappa shape index (κ1) is 21.1. The van der Waals surface area contributed by atoms with Crippen LogP contribution in [0.15, 0.2) is 66.7 Å². The lowest BCUT2D eigenvalue weighted by Crippen LogP contribution is -2.57. The van der Waals surface area contributed by atoms with Gasteiger partial charge in [0.15, 0.2) is 16.8 Å². The molecule has 2 heterocycles. The third-order valence-corrected chi connectivity index (χ3v) is 4.92. The summed E-state index contributed by atoms with van der Waals surface area (Å²) in [5.41, 5.74) is 1.91. The Balaban J connectivity index is 1.71. The number of nitrogens with zero attached hydrogens (tertiary/aromatic N) is 2. The first-order chi connectivity index (χ1) is 15.4. The predicted molar refractivity (Wildman–Crippen MR) is 121 cm³/mol. The molecule has 2 aromatic carbocycles. The van der Waals surface area contributed by atoms with E-state index < -0.39 is 23.5 Å². The van der Waals surface area contributed by atoms with Crippen LogP contribution < -0.4 is 15.4 Å². The molecule has 2 amide bonds. The topological polar surface area (TPSA) is 102 Å². The molecule has 1 aliphatic heterocycles. The van der Waals surface area contributed by atoms with Crippen LogP contribution in [0.3, 0.4) is 0 Å². The van der Waals surface area contributed by atoms with Gasteiger partial charge in [0.25, 0.3) is 0 Å². The molecule has 0 unspecified atom stereocenters. The van der Waals surface area contributed by atoms with Crippen molar-refractivity contribution >= 4 is 41.0 Å². The molecule has 1 saturated heterocycles. The van der Waals surface area contributed by atoms with Crippen LogP contribution in [0.5, 0.6) is 11.6 Å². The van der Waals surface area contributed by atoms with Crippen LogP contribution in [0.1, 0.15) is 11.3 Å². The number of nitrogens with one attached hydrogen (secondary N) is 2. The molecule has 0 atom stereocenters. The lowest BCUT2D eigenvalue weighted by molar-refractivity contribution is -0.140. The Hall–Kier alpha value is -4.11. The van der Waals surface area contributed by atoms with E-state index in [1.54, 1.807) is 23.7 Å². The maximum atomic E-state index is 12.6. The van der Waals surface area contributed by atoms with Gasteiger partial charge in [-0.3, -0.25) is 14.4 Å². The van der Waals surface area contributed by atoms with Crippen LogP contribution in [0.4, 0.5) is 0 Å². The number of carbonyl (C=O) groups excluding carboxylic acids is 3. The molecule has 32 heavy (non-hydrogen) atoms. The molecule has 0 radical (unpaired) electrons. The van der Waals surface area contributed by atoms with Gasteiger partial charge in [-0.25, -0.2) is 0 Å². The number of ether oxygens (including phenoxy) is 1. The van der Waals surface area contributed by atoms with E-state index in [0.717, 1.165) is 5.69 Å². The van der Waals surface area contributed by atoms with Gasteiger partial charge in [0.2, 0.25) is 17.7 Å². The number of hydrogen-bond acceptors (Lipinski definition) is 6. The molecule has 2 N–H and O–H groups in total. The van der Waals surface area contributed by atoms with Crippen LogP contribution >= 0.6 is 12.2 Å². The van der Waals surface area contributed by atoms with Crippen molar-refractivity contribution in [3.05, 3.63) is 78.0 Å². The highest BCUT2D eigenvalue weighted by molar-refractivity contribution is 7.80. The van der Waals surface area contributed by atoms with E-state index in [9.17, 15) is 14.4 Å². The number of rotatable bonds is 6. The minimum Gasteiger partial charge on any atom is -0.438 e. The Morgan fingerprint density at radius 2 is 1.62 bits per heavy atom. The van der Waals surface area contributed by atoms with Crippen LogP contribution in [-0.4, -0.2) is 32.5 Å². The van der Waals surface area contributed by atoms with Gasteiger partial charge in [0.1, 0.15) is 5.75 Å². The number of thiocarbonyl (C=S) groups is 1. The van der Waals surface area contributed by atoms with Gasteiger partial charge in [-0.05, 0) is 55.6 Å². The summed E-state index contributed by atoms with van der Waals surface area (Å²) in [6, 6.07) is 18.6. The smallest absolute Gasteiger partial charge is 0.246 e. The number of benzene rings is 2. The Morgan fingerprint density at radius 1 is 1.03 bits per heavy atom. The second kappa shape index (κ2) is 8.94. The lowest BCUT2D eigenvalue weighted by Gasteiger charge is -2.20. The van der Waals surface area contributed by atoms with Gasteiger partial charge in [0.05, 0.1) is 16.9 Å². The Labute approximate surface area is 188 Å². The number of ketones is 1. The second-order valence-corrected chi connectivity index (χ2v) is 7.35. The lowest BCUT2D eigenvalue weighted by atomic mass is 9.99. The average Bonchev–Trinajstić information content (AvgIpc) is 3.08. The quantitative estimate of drug-likeness (QED) is 0.343. The third kappa shape index (κ3) is 4.33. The van der Waals surface area contributed by atoms with Crippen molar-refractivity contribution in [2.45, 2.75) is 6.92 Å². The Kier molecular flexibility index (Phi) is 5.91. The number of aryl methyl sites for hydroxylation is 1. The average molecular weight is 446 g/mol. The molecular weight excluding hydrogens is 428 g/mol. The zero-order valence-corrected chi connectivity index (χ0v) is 17.8. The van der Waals surface area contributed by atoms with Crippen molar-refractivity contribution in [2.75, 3.05) is 0 Å². The molecule has 0 aliphatic carbocycles. The summed E-state index contributed by atoms with van der Waals surface area (Å²) in [5, 5.41) is 9.01. The third-order valence-electron chi connectivity index (χ3n) is 4.72. The molecular formula is C23H18N4O4S. The maximum Gasteiger partial charge on any atom is 0.246 e. The van der Waals surface area contributed by atoms with E-state index in [2.05, 4.69) is 15.7 Å². The predicted octanol–water partition coefficient (Wildman–Crippen LogP) is 2.70. The van der Waals surface area contributed by atoms with Crippen molar-refractivity contribution in [3.63, 3.8) is 0 Å². The molecule has 1 aromatic heterocycles. The fourth-order valence-corrected chi connectivity index (χ4v) is 3.39. The number of hydrogen-bond donors (Lipinski definition) is 2. The van der Waals surface area contributed by atoms with Gasteiger partial charge < -0.3 is 15.4 Å². The van der Waals surface area contributed by atoms with E-state index in [4.69, 9.17) is 17.0 Å². The zero-order valence-electron chi connectivity index (χ0n) is 16.9. The zero-order chi connectivity index (χ0) is 22.7. The largest absolute Gasteiger partial charge is 0.438 e. The van der Waals surface area contributed by atoms with E-state index in [1.807, 2.05) is 48.5 Å². The van der Waals surface area contributed by atoms with Gasteiger partial charge in [0, 0.05) is 0 Å². The number of carbonyl (C=O) groups is 3. The van der Waals surface area contributed by atoms with Crippen LogP contribution in [0.25, 0.3) is 11.8 Å². The molecule has 9 heteroatoms. The Morgan fingerprint density at radius 3 is 2.25 bits per heavy atom. The monoisotopic (exact) mass is 446 g/mol. The standard InChI is InChI=1S/C23H18N4O4S/c1-14-17(12-13-18(28)19-20(29)24-23(32)25-21(19)30)22(31-16-10-6-3-7-11-16)27(26-14)15-8-4-2-5-9-15/h2-13,19H,1H3,(H2,24,25,29,30,32)/b13-12+. The van der Waals surface area contributed by atoms with Gasteiger partial charge in [-0.2, -0.15) is 9.78 Å². The minimum absolute atomic E-state index is 0.119. The first-order valence-electron chi connectivity index (χ1n) is 9.69. The normalized spacial score (nSPS) is 14.3. The summed E-state index contributed by atoms with van der Waals surface area (Å²) in [5.74, 6) is -2.73.